The third-order valence-electron chi connectivity index (χ3n) is 6.13. The number of fused-ring (bicyclic) bond motifs is 1. The number of carbonyl (C=O) groups is 1. The van der Waals surface area contributed by atoms with E-state index in [1.54, 1.807) is 35.5 Å². The van der Waals surface area contributed by atoms with Crippen LogP contribution < -0.4 is 4.90 Å². The first kappa shape index (κ1) is 23.7. The van der Waals surface area contributed by atoms with Crippen molar-refractivity contribution in [2.45, 2.75) is 39.3 Å². The summed E-state index contributed by atoms with van der Waals surface area (Å²) in [5, 5.41) is 8.59. The van der Waals surface area contributed by atoms with Gasteiger partial charge in [0.05, 0.1) is 23.5 Å². The molecular formula is C26H28FN7O2. The number of ether oxygens (including phenoxy) is 1. The molecule has 0 saturated carbocycles. The summed E-state index contributed by atoms with van der Waals surface area (Å²) < 4.78 is 22.4. The maximum Gasteiger partial charge on any atom is 0.410 e. The van der Waals surface area contributed by atoms with Crippen LogP contribution in [0.15, 0.2) is 55.2 Å². The fraction of sp³-hybridized carbons (Fsp3) is 0.346. The van der Waals surface area contributed by atoms with E-state index in [2.05, 4.69) is 25.1 Å². The summed E-state index contributed by atoms with van der Waals surface area (Å²) in [5.41, 5.74) is 1.96. The van der Waals surface area contributed by atoms with Crippen molar-refractivity contribution in [3.8, 4) is 16.8 Å². The Hall–Kier alpha value is -4.08. The Morgan fingerprint density at radius 2 is 1.89 bits per heavy atom. The van der Waals surface area contributed by atoms with Gasteiger partial charge in [-0.1, -0.05) is 18.2 Å². The highest BCUT2D eigenvalue weighted by Gasteiger charge is 2.32. The molecule has 1 atom stereocenters. The van der Waals surface area contributed by atoms with Gasteiger partial charge in [0, 0.05) is 43.0 Å². The Morgan fingerprint density at radius 1 is 1.08 bits per heavy atom. The van der Waals surface area contributed by atoms with Crippen molar-refractivity contribution in [3.05, 3.63) is 61.1 Å². The first-order chi connectivity index (χ1) is 17.2. The summed E-state index contributed by atoms with van der Waals surface area (Å²) in [6.45, 7) is 9.11. The lowest BCUT2D eigenvalue weighted by molar-refractivity contribution is 0.0218. The number of nitrogens with zero attached hydrogens (tertiary/aromatic N) is 7. The number of aromatic nitrogens is 5. The summed E-state index contributed by atoms with van der Waals surface area (Å²) in [6.07, 6.45) is 6.28. The van der Waals surface area contributed by atoms with E-state index in [0.29, 0.717) is 42.2 Å². The number of piperazine rings is 1. The quantitative estimate of drug-likeness (QED) is 0.420. The van der Waals surface area contributed by atoms with Crippen LogP contribution in [-0.4, -0.2) is 67.0 Å². The normalized spacial score (nSPS) is 16.4. The molecular weight excluding hydrogens is 461 g/mol. The van der Waals surface area contributed by atoms with Crippen molar-refractivity contribution in [1.82, 2.24) is 29.6 Å². The number of benzene rings is 1. The maximum absolute atomic E-state index is 15.0. The lowest BCUT2D eigenvalue weighted by atomic mass is 10.0. The molecule has 0 spiro atoms. The van der Waals surface area contributed by atoms with Crippen LogP contribution in [0.4, 0.5) is 15.0 Å². The minimum Gasteiger partial charge on any atom is -0.444 e. The Kier molecular flexibility index (Phi) is 6.03. The molecule has 10 heteroatoms. The molecule has 0 aliphatic carbocycles. The molecule has 1 saturated heterocycles. The smallest absolute Gasteiger partial charge is 0.410 e. The number of anilines is 1. The molecule has 1 aromatic carbocycles. The van der Waals surface area contributed by atoms with E-state index in [1.807, 2.05) is 44.5 Å². The molecule has 1 fully saturated rings. The van der Waals surface area contributed by atoms with Gasteiger partial charge in [-0.05, 0) is 39.8 Å². The summed E-state index contributed by atoms with van der Waals surface area (Å²) in [5.74, 6) is 0.359. The third-order valence-corrected chi connectivity index (χ3v) is 6.13. The van der Waals surface area contributed by atoms with Crippen LogP contribution in [0.1, 0.15) is 27.7 Å². The molecule has 0 N–H and O–H groups in total. The number of rotatable bonds is 3. The number of carbonyl (C=O) groups excluding carboxylic acids is 1. The second kappa shape index (κ2) is 9.18. The highest BCUT2D eigenvalue weighted by atomic mass is 19.1. The predicted molar refractivity (Wildman–Crippen MR) is 134 cm³/mol. The van der Waals surface area contributed by atoms with Crippen molar-refractivity contribution in [2.24, 2.45) is 0 Å². The monoisotopic (exact) mass is 489 g/mol. The second-order valence-corrected chi connectivity index (χ2v) is 9.86. The zero-order valence-electron chi connectivity index (χ0n) is 20.7. The van der Waals surface area contributed by atoms with Gasteiger partial charge in [0.15, 0.2) is 5.65 Å². The Labute approximate surface area is 208 Å². The molecule has 5 rings (SSSR count). The minimum atomic E-state index is -0.560. The van der Waals surface area contributed by atoms with Gasteiger partial charge in [0.2, 0.25) is 0 Å². The average Bonchev–Trinajstić information content (AvgIpc) is 3.24. The van der Waals surface area contributed by atoms with E-state index in [1.165, 1.54) is 12.4 Å². The highest BCUT2D eigenvalue weighted by Crippen LogP contribution is 2.38. The van der Waals surface area contributed by atoms with Gasteiger partial charge in [-0.25, -0.2) is 19.2 Å². The summed E-state index contributed by atoms with van der Waals surface area (Å²) in [6, 6.07) is 8.44. The van der Waals surface area contributed by atoms with Crippen LogP contribution in [0.3, 0.4) is 0 Å². The van der Waals surface area contributed by atoms with Gasteiger partial charge >= 0.3 is 6.09 Å². The Morgan fingerprint density at radius 3 is 2.58 bits per heavy atom. The van der Waals surface area contributed by atoms with Gasteiger partial charge in [-0.3, -0.25) is 4.57 Å². The SMILES string of the molecule is C[C@H]1CN(C(=O)OC(C)(C)C)CCN1c1ncnc2c1c(-c1ccccc1F)cn2-c1ccnnc1. The second-order valence-electron chi connectivity index (χ2n) is 9.86. The van der Waals surface area contributed by atoms with Crippen LogP contribution >= 0.6 is 0 Å². The molecule has 1 amide bonds. The number of hydrogen-bond acceptors (Lipinski definition) is 7. The third kappa shape index (κ3) is 4.46. The molecule has 0 radical (unpaired) electrons. The molecule has 186 valence electrons. The van der Waals surface area contributed by atoms with Crippen molar-refractivity contribution in [1.29, 1.82) is 0 Å². The fourth-order valence-electron chi connectivity index (χ4n) is 4.53. The standard InChI is InChI=1S/C26H28FN7O2/c1-17-14-32(25(35)36-26(2,3)4)11-12-33(17)23-22-20(19-7-5-6-8-21(19)27)15-34(24(22)29-16-28-23)18-9-10-30-31-13-18/h5-10,13,15-17H,11-12,14H2,1-4H3/t17-/m0/s1. The number of hydrogen-bond donors (Lipinski definition) is 0. The lowest BCUT2D eigenvalue weighted by Crippen LogP contribution is -2.54. The lowest BCUT2D eigenvalue weighted by Gasteiger charge is -2.41. The molecule has 0 unspecified atom stereocenters. The van der Waals surface area contributed by atoms with Crippen LogP contribution in [0.2, 0.25) is 0 Å². The highest BCUT2D eigenvalue weighted by molar-refractivity contribution is 6.02. The van der Waals surface area contributed by atoms with Gasteiger partial charge in [-0.15, -0.1) is 0 Å². The van der Waals surface area contributed by atoms with Crippen LogP contribution in [0.5, 0.6) is 0 Å². The van der Waals surface area contributed by atoms with E-state index in [-0.39, 0.29) is 18.0 Å². The van der Waals surface area contributed by atoms with Gasteiger partial charge < -0.3 is 14.5 Å². The van der Waals surface area contributed by atoms with Crippen molar-refractivity contribution < 1.29 is 13.9 Å². The first-order valence-electron chi connectivity index (χ1n) is 11.9. The zero-order valence-corrected chi connectivity index (χ0v) is 20.7. The van der Waals surface area contributed by atoms with E-state index in [9.17, 15) is 9.18 Å². The molecule has 1 aliphatic rings. The van der Waals surface area contributed by atoms with Crippen LogP contribution in [-0.2, 0) is 4.74 Å². The topological polar surface area (TPSA) is 89.3 Å². The largest absolute Gasteiger partial charge is 0.444 e. The predicted octanol–water partition coefficient (Wildman–Crippen LogP) is 4.46. The first-order valence-corrected chi connectivity index (χ1v) is 11.9. The Bertz CT molecular complexity index is 1400. The van der Waals surface area contributed by atoms with E-state index < -0.39 is 5.60 Å². The summed E-state index contributed by atoms with van der Waals surface area (Å²) >= 11 is 0. The maximum atomic E-state index is 15.0. The Balaban J connectivity index is 1.59. The average molecular weight is 490 g/mol. The molecule has 4 heterocycles. The molecule has 9 nitrogen and oxygen atoms in total. The minimum absolute atomic E-state index is 0.0521. The molecule has 3 aromatic heterocycles. The molecule has 36 heavy (non-hydrogen) atoms. The zero-order chi connectivity index (χ0) is 25.4. The molecule has 0 bridgehead atoms. The molecule has 1 aliphatic heterocycles. The van der Waals surface area contributed by atoms with Gasteiger partial charge in [0.1, 0.15) is 23.6 Å². The van der Waals surface area contributed by atoms with Crippen molar-refractivity contribution in [3.63, 3.8) is 0 Å². The summed E-state index contributed by atoms with van der Waals surface area (Å²) in [4.78, 5) is 25.7. The molecule has 4 aromatic rings. The fourth-order valence-corrected chi connectivity index (χ4v) is 4.53. The van der Waals surface area contributed by atoms with E-state index in [4.69, 9.17) is 4.74 Å². The van der Waals surface area contributed by atoms with Gasteiger partial charge in [0.25, 0.3) is 0 Å². The van der Waals surface area contributed by atoms with Crippen molar-refractivity contribution >= 4 is 22.9 Å². The van der Waals surface area contributed by atoms with Crippen LogP contribution in [0.25, 0.3) is 27.8 Å². The number of halogens is 1. The van der Waals surface area contributed by atoms with Crippen molar-refractivity contribution in [2.75, 3.05) is 24.5 Å². The van der Waals surface area contributed by atoms with Crippen LogP contribution in [0, 0.1) is 5.82 Å². The van der Waals surface area contributed by atoms with E-state index in [0.717, 1.165) is 11.1 Å². The van der Waals surface area contributed by atoms with E-state index >= 15 is 0 Å². The summed E-state index contributed by atoms with van der Waals surface area (Å²) in [7, 11) is 0. The number of amides is 1. The van der Waals surface area contributed by atoms with Gasteiger partial charge in [-0.2, -0.15) is 10.2 Å².